The van der Waals surface area contributed by atoms with Crippen molar-refractivity contribution in [2.24, 2.45) is 5.73 Å². The Morgan fingerprint density at radius 2 is 1.74 bits per heavy atom. The summed E-state index contributed by atoms with van der Waals surface area (Å²) < 4.78 is 5.10. The van der Waals surface area contributed by atoms with Crippen molar-refractivity contribution >= 4 is 23.3 Å². The van der Waals surface area contributed by atoms with Gasteiger partial charge in [-0.15, -0.1) is 0 Å². The van der Waals surface area contributed by atoms with E-state index < -0.39 is 0 Å². The van der Waals surface area contributed by atoms with Crippen LogP contribution in [-0.2, 0) is 16.1 Å². The molecule has 0 saturated carbocycles. The first-order valence-corrected chi connectivity index (χ1v) is 8.73. The molecule has 3 amide bonds. The number of hydrogen-bond donors (Lipinski definition) is 4. The number of urea groups is 1. The second-order valence-corrected chi connectivity index (χ2v) is 6.22. The van der Waals surface area contributed by atoms with Crippen molar-refractivity contribution < 1.29 is 14.3 Å². The molecule has 27 heavy (non-hydrogen) atoms. The molecule has 1 unspecified atom stereocenters. The minimum Gasteiger partial charge on any atom is -0.380 e. The van der Waals surface area contributed by atoms with E-state index in [-0.39, 0.29) is 24.5 Å². The molecule has 0 saturated heterocycles. The predicted octanol–water partition coefficient (Wildman–Crippen LogP) is 2.62. The second-order valence-electron chi connectivity index (χ2n) is 6.22. The SMILES string of the molecule is COC(CN)CC(=O)NCc1cccc(NC(=O)Nc2cccc(C)c2)c1. The molecule has 2 rings (SSSR count). The molecule has 7 nitrogen and oxygen atoms in total. The molecule has 0 aliphatic rings. The molecule has 0 bridgehead atoms. The number of hydrogen-bond acceptors (Lipinski definition) is 4. The molecule has 0 heterocycles. The number of amides is 3. The monoisotopic (exact) mass is 370 g/mol. The highest BCUT2D eigenvalue weighted by Gasteiger charge is 2.11. The van der Waals surface area contributed by atoms with Gasteiger partial charge in [-0.25, -0.2) is 4.79 Å². The Kier molecular flexibility index (Phi) is 7.79. The van der Waals surface area contributed by atoms with Crippen molar-refractivity contribution in [1.82, 2.24) is 5.32 Å². The van der Waals surface area contributed by atoms with Gasteiger partial charge in [-0.3, -0.25) is 4.79 Å². The summed E-state index contributed by atoms with van der Waals surface area (Å²) in [7, 11) is 1.53. The van der Waals surface area contributed by atoms with Crippen molar-refractivity contribution in [2.75, 3.05) is 24.3 Å². The molecule has 0 aliphatic carbocycles. The van der Waals surface area contributed by atoms with E-state index in [2.05, 4.69) is 16.0 Å². The van der Waals surface area contributed by atoms with E-state index in [1.807, 2.05) is 49.4 Å². The number of benzene rings is 2. The van der Waals surface area contributed by atoms with Gasteiger partial charge in [0.1, 0.15) is 0 Å². The van der Waals surface area contributed by atoms with E-state index in [1.165, 1.54) is 7.11 Å². The van der Waals surface area contributed by atoms with E-state index in [1.54, 1.807) is 6.07 Å². The van der Waals surface area contributed by atoms with E-state index in [9.17, 15) is 9.59 Å². The zero-order valence-electron chi connectivity index (χ0n) is 15.6. The average Bonchev–Trinajstić information content (AvgIpc) is 2.64. The van der Waals surface area contributed by atoms with Gasteiger partial charge < -0.3 is 26.4 Å². The molecule has 0 aromatic heterocycles. The first-order valence-electron chi connectivity index (χ1n) is 8.73. The number of carbonyl (C=O) groups is 2. The molecule has 2 aromatic rings. The van der Waals surface area contributed by atoms with Crippen molar-refractivity contribution in [2.45, 2.75) is 26.0 Å². The van der Waals surface area contributed by atoms with E-state index in [0.29, 0.717) is 18.8 Å². The first kappa shape index (κ1) is 20.4. The number of nitrogens with one attached hydrogen (secondary N) is 3. The lowest BCUT2D eigenvalue weighted by Crippen LogP contribution is -2.31. The lowest BCUT2D eigenvalue weighted by molar-refractivity contribution is -0.123. The Hall–Kier alpha value is -2.90. The molecule has 5 N–H and O–H groups in total. The molecule has 144 valence electrons. The van der Waals surface area contributed by atoms with Crippen LogP contribution < -0.4 is 21.7 Å². The second kappa shape index (κ2) is 10.3. The van der Waals surface area contributed by atoms with Crippen LogP contribution in [0.15, 0.2) is 48.5 Å². The Morgan fingerprint density at radius 3 is 2.37 bits per heavy atom. The molecule has 0 spiro atoms. The summed E-state index contributed by atoms with van der Waals surface area (Å²) in [5.41, 5.74) is 8.82. The van der Waals surface area contributed by atoms with E-state index in [0.717, 1.165) is 16.8 Å². The lowest BCUT2D eigenvalue weighted by Gasteiger charge is -2.13. The van der Waals surface area contributed by atoms with Gasteiger partial charge in [0.2, 0.25) is 5.91 Å². The summed E-state index contributed by atoms with van der Waals surface area (Å²) in [6.07, 6.45) is -0.0765. The van der Waals surface area contributed by atoms with Crippen molar-refractivity contribution in [3.05, 3.63) is 59.7 Å². The molecular formula is C20H26N4O3. The maximum atomic E-state index is 12.1. The van der Waals surface area contributed by atoms with Gasteiger partial charge in [0, 0.05) is 31.6 Å². The molecule has 0 aliphatic heterocycles. The zero-order valence-corrected chi connectivity index (χ0v) is 15.6. The van der Waals surface area contributed by atoms with Gasteiger partial charge in [-0.2, -0.15) is 0 Å². The molecule has 1 atom stereocenters. The van der Waals surface area contributed by atoms with Gasteiger partial charge in [0.05, 0.1) is 12.5 Å². The third-order valence-electron chi connectivity index (χ3n) is 3.96. The number of methoxy groups -OCH3 is 1. The highest BCUT2D eigenvalue weighted by molar-refractivity contribution is 5.99. The van der Waals surface area contributed by atoms with Crippen LogP contribution in [-0.4, -0.2) is 31.7 Å². The Bertz CT molecular complexity index is 775. The third-order valence-corrected chi connectivity index (χ3v) is 3.96. The van der Waals surface area contributed by atoms with Crippen molar-refractivity contribution in [1.29, 1.82) is 0 Å². The van der Waals surface area contributed by atoms with Crippen LogP contribution in [0.1, 0.15) is 17.5 Å². The fourth-order valence-corrected chi connectivity index (χ4v) is 2.52. The van der Waals surface area contributed by atoms with Crippen LogP contribution in [0.5, 0.6) is 0 Å². The predicted molar refractivity (Wildman–Crippen MR) is 107 cm³/mol. The van der Waals surface area contributed by atoms with Crippen LogP contribution in [0, 0.1) is 6.92 Å². The summed E-state index contributed by atoms with van der Waals surface area (Å²) in [4.78, 5) is 24.1. The molecule has 2 aromatic carbocycles. The summed E-state index contributed by atoms with van der Waals surface area (Å²) in [6, 6.07) is 14.5. The molecular weight excluding hydrogens is 344 g/mol. The standard InChI is InChI=1S/C20H26N4O3/c1-14-5-3-7-16(9-14)23-20(26)24-17-8-4-6-15(10-17)13-22-19(25)11-18(12-21)27-2/h3-10,18H,11-13,21H2,1-2H3,(H,22,25)(H2,23,24,26). The topological polar surface area (TPSA) is 105 Å². The highest BCUT2D eigenvalue weighted by atomic mass is 16.5. The number of aryl methyl sites for hydroxylation is 1. The van der Waals surface area contributed by atoms with Gasteiger partial charge in [0.15, 0.2) is 0 Å². The maximum absolute atomic E-state index is 12.1. The maximum Gasteiger partial charge on any atom is 0.323 e. The van der Waals surface area contributed by atoms with Crippen LogP contribution in [0.2, 0.25) is 0 Å². The average molecular weight is 370 g/mol. The minimum absolute atomic E-state index is 0.136. The van der Waals surface area contributed by atoms with E-state index >= 15 is 0 Å². The summed E-state index contributed by atoms with van der Waals surface area (Å²) >= 11 is 0. The Balaban J connectivity index is 1.87. The number of ether oxygens (including phenoxy) is 1. The number of nitrogens with two attached hydrogens (primary N) is 1. The van der Waals surface area contributed by atoms with Crippen LogP contribution in [0.25, 0.3) is 0 Å². The fraction of sp³-hybridized carbons (Fsp3) is 0.300. The molecule has 0 fully saturated rings. The minimum atomic E-state index is -0.326. The largest absolute Gasteiger partial charge is 0.380 e. The fourth-order valence-electron chi connectivity index (χ4n) is 2.52. The number of carbonyl (C=O) groups excluding carboxylic acids is 2. The van der Waals surface area contributed by atoms with Crippen LogP contribution in [0.3, 0.4) is 0 Å². The molecule has 0 radical (unpaired) electrons. The summed E-state index contributed by atoms with van der Waals surface area (Å²) in [5.74, 6) is -0.136. The number of rotatable bonds is 8. The molecule has 7 heteroatoms. The first-order chi connectivity index (χ1) is 13.0. The van der Waals surface area contributed by atoms with Gasteiger partial charge in [-0.05, 0) is 42.3 Å². The normalized spacial score (nSPS) is 11.5. The Morgan fingerprint density at radius 1 is 1.07 bits per heavy atom. The summed E-state index contributed by atoms with van der Waals surface area (Å²) in [5, 5.41) is 8.40. The third kappa shape index (κ3) is 7.08. The van der Waals surface area contributed by atoms with Gasteiger partial charge in [-0.1, -0.05) is 24.3 Å². The number of anilines is 2. The van der Waals surface area contributed by atoms with E-state index in [4.69, 9.17) is 10.5 Å². The quantitative estimate of drug-likeness (QED) is 0.573. The smallest absolute Gasteiger partial charge is 0.323 e. The van der Waals surface area contributed by atoms with Crippen LogP contribution in [0.4, 0.5) is 16.2 Å². The highest BCUT2D eigenvalue weighted by Crippen LogP contribution is 2.13. The van der Waals surface area contributed by atoms with Gasteiger partial charge >= 0.3 is 6.03 Å². The van der Waals surface area contributed by atoms with Crippen molar-refractivity contribution in [3.8, 4) is 0 Å². The summed E-state index contributed by atoms with van der Waals surface area (Å²) in [6.45, 7) is 2.61. The van der Waals surface area contributed by atoms with Crippen molar-refractivity contribution in [3.63, 3.8) is 0 Å². The van der Waals surface area contributed by atoms with Gasteiger partial charge in [0.25, 0.3) is 0 Å². The van der Waals surface area contributed by atoms with Crippen LogP contribution >= 0.6 is 0 Å². The zero-order chi connectivity index (χ0) is 19.6. The lowest BCUT2D eigenvalue weighted by atomic mass is 10.2. The Labute approximate surface area is 159 Å².